The number of carboxylic acid groups (broad SMARTS) is 1. The Kier molecular flexibility index (Phi) is 3.19. The molecule has 94 valence electrons. The summed E-state index contributed by atoms with van der Waals surface area (Å²) in [6.07, 6.45) is 6.13. The van der Waals surface area contributed by atoms with Crippen LogP contribution in [0.4, 0.5) is 0 Å². The minimum absolute atomic E-state index is 0.443. The lowest BCUT2D eigenvalue weighted by Gasteiger charge is -2.19. The first-order valence-electron chi connectivity index (χ1n) is 5.95. The van der Waals surface area contributed by atoms with E-state index in [1.807, 2.05) is 10.8 Å². The standard InChI is InChI=1S/C12H19N3O2/c1-12(2,11(16)17)7-15-6-10(14-8-15)5-13-9-3-4-9/h6,8-9,13H,3-5,7H2,1-2H3,(H,16,17). The van der Waals surface area contributed by atoms with Gasteiger partial charge < -0.3 is 15.0 Å². The van der Waals surface area contributed by atoms with Gasteiger partial charge in [-0.05, 0) is 26.7 Å². The van der Waals surface area contributed by atoms with Crippen LogP contribution in [-0.4, -0.2) is 26.7 Å². The number of aliphatic carboxylic acids is 1. The summed E-state index contributed by atoms with van der Waals surface area (Å²) >= 11 is 0. The van der Waals surface area contributed by atoms with Crippen molar-refractivity contribution in [2.45, 2.75) is 45.8 Å². The molecule has 0 unspecified atom stereocenters. The second-order valence-corrected chi connectivity index (χ2v) is 5.38. The Morgan fingerprint density at radius 2 is 2.35 bits per heavy atom. The van der Waals surface area contributed by atoms with Crippen molar-refractivity contribution in [2.75, 3.05) is 0 Å². The van der Waals surface area contributed by atoms with E-state index < -0.39 is 11.4 Å². The highest BCUT2D eigenvalue weighted by Crippen LogP contribution is 2.20. The molecule has 0 radical (unpaired) electrons. The number of hydrogen-bond acceptors (Lipinski definition) is 3. The molecule has 1 fully saturated rings. The summed E-state index contributed by atoms with van der Waals surface area (Å²) in [5.74, 6) is -0.788. The van der Waals surface area contributed by atoms with Gasteiger partial charge in [-0.1, -0.05) is 0 Å². The molecule has 1 aromatic heterocycles. The zero-order valence-corrected chi connectivity index (χ0v) is 10.3. The topological polar surface area (TPSA) is 67.2 Å². The number of rotatable bonds is 6. The van der Waals surface area contributed by atoms with Crippen LogP contribution >= 0.6 is 0 Å². The van der Waals surface area contributed by atoms with Crippen molar-refractivity contribution < 1.29 is 9.90 Å². The van der Waals surface area contributed by atoms with Gasteiger partial charge >= 0.3 is 5.97 Å². The molecule has 1 aromatic rings. The highest BCUT2D eigenvalue weighted by molar-refractivity contribution is 5.73. The lowest BCUT2D eigenvalue weighted by Crippen LogP contribution is -2.28. The SMILES string of the molecule is CC(C)(Cn1cnc(CNC2CC2)c1)C(=O)O. The summed E-state index contributed by atoms with van der Waals surface area (Å²) in [5, 5.41) is 12.4. The van der Waals surface area contributed by atoms with Gasteiger partial charge in [0.1, 0.15) is 0 Å². The maximum Gasteiger partial charge on any atom is 0.310 e. The highest BCUT2D eigenvalue weighted by atomic mass is 16.4. The molecule has 1 heterocycles. The van der Waals surface area contributed by atoms with Crippen molar-refractivity contribution in [3.8, 4) is 0 Å². The van der Waals surface area contributed by atoms with Gasteiger partial charge in [-0.15, -0.1) is 0 Å². The fraction of sp³-hybridized carbons (Fsp3) is 0.667. The van der Waals surface area contributed by atoms with Crippen molar-refractivity contribution in [1.82, 2.24) is 14.9 Å². The third-order valence-corrected chi connectivity index (χ3v) is 2.99. The van der Waals surface area contributed by atoms with E-state index in [9.17, 15) is 4.79 Å². The third-order valence-electron chi connectivity index (χ3n) is 2.99. The molecule has 0 saturated heterocycles. The molecule has 0 spiro atoms. The number of nitrogens with one attached hydrogen (secondary N) is 1. The van der Waals surface area contributed by atoms with Crippen LogP contribution in [0.1, 0.15) is 32.4 Å². The Bertz CT molecular complexity index is 408. The fourth-order valence-electron chi connectivity index (χ4n) is 1.64. The molecule has 0 aliphatic heterocycles. The normalized spacial score (nSPS) is 16.1. The van der Waals surface area contributed by atoms with Gasteiger partial charge in [-0.2, -0.15) is 0 Å². The Morgan fingerprint density at radius 3 is 2.94 bits per heavy atom. The fourth-order valence-corrected chi connectivity index (χ4v) is 1.64. The Labute approximate surface area is 101 Å². The van der Waals surface area contributed by atoms with Crippen LogP contribution in [0.3, 0.4) is 0 Å². The highest BCUT2D eigenvalue weighted by Gasteiger charge is 2.27. The van der Waals surface area contributed by atoms with E-state index in [-0.39, 0.29) is 0 Å². The van der Waals surface area contributed by atoms with E-state index in [1.54, 1.807) is 20.2 Å². The van der Waals surface area contributed by atoms with Crippen LogP contribution in [0.5, 0.6) is 0 Å². The quantitative estimate of drug-likeness (QED) is 0.781. The van der Waals surface area contributed by atoms with E-state index in [0.717, 1.165) is 12.2 Å². The number of carboxylic acids is 1. The third kappa shape index (κ3) is 3.30. The second-order valence-electron chi connectivity index (χ2n) is 5.38. The largest absolute Gasteiger partial charge is 0.481 e. The molecule has 0 amide bonds. The lowest BCUT2D eigenvalue weighted by atomic mass is 9.94. The summed E-state index contributed by atoms with van der Waals surface area (Å²) in [5.41, 5.74) is 0.208. The molecule has 1 aliphatic carbocycles. The first-order valence-corrected chi connectivity index (χ1v) is 5.95. The average Bonchev–Trinajstić information content (AvgIpc) is 2.97. The minimum Gasteiger partial charge on any atom is -0.481 e. The monoisotopic (exact) mass is 237 g/mol. The van der Waals surface area contributed by atoms with E-state index in [4.69, 9.17) is 5.11 Å². The summed E-state index contributed by atoms with van der Waals surface area (Å²) in [7, 11) is 0. The van der Waals surface area contributed by atoms with Crippen molar-refractivity contribution in [1.29, 1.82) is 0 Å². The Hall–Kier alpha value is -1.36. The average molecular weight is 237 g/mol. The van der Waals surface area contributed by atoms with Crippen LogP contribution in [0.25, 0.3) is 0 Å². The first kappa shape index (κ1) is 12.1. The Balaban J connectivity index is 1.90. The molecule has 17 heavy (non-hydrogen) atoms. The molecule has 2 rings (SSSR count). The predicted molar refractivity (Wildman–Crippen MR) is 63.5 cm³/mol. The first-order chi connectivity index (χ1) is 7.97. The number of nitrogens with zero attached hydrogens (tertiary/aromatic N) is 2. The van der Waals surface area contributed by atoms with E-state index >= 15 is 0 Å². The van der Waals surface area contributed by atoms with E-state index in [2.05, 4.69) is 10.3 Å². The smallest absolute Gasteiger partial charge is 0.310 e. The minimum atomic E-state index is -0.788. The zero-order chi connectivity index (χ0) is 12.5. The van der Waals surface area contributed by atoms with E-state index in [1.165, 1.54) is 12.8 Å². The van der Waals surface area contributed by atoms with Gasteiger partial charge in [-0.3, -0.25) is 4.79 Å². The summed E-state index contributed by atoms with van der Waals surface area (Å²) in [6, 6.07) is 0.663. The van der Waals surface area contributed by atoms with Crippen LogP contribution in [0, 0.1) is 5.41 Å². The summed E-state index contributed by atoms with van der Waals surface area (Å²) in [4.78, 5) is 15.3. The number of aromatic nitrogens is 2. The van der Waals surface area contributed by atoms with Gasteiger partial charge in [0.15, 0.2) is 0 Å². The van der Waals surface area contributed by atoms with Gasteiger partial charge in [0.25, 0.3) is 0 Å². The van der Waals surface area contributed by atoms with Gasteiger partial charge in [0, 0.05) is 25.3 Å². The summed E-state index contributed by atoms with van der Waals surface area (Å²) < 4.78 is 1.85. The predicted octanol–water partition coefficient (Wildman–Crippen LogP) is 1.25. The summed E-state index contributed by atoms with van der Waals surface area (Å²) in [6.45, 7) is 4.65. The lowest BCUT2D eigenvalue weighted by molar-refractivity contribution is -0.147. The molecular formula is C12H19N3O2. The number of imidazole rings is 1. The molecule has 1 saturated carbocycles. The van der Waals surface area contributed by atoms with E-state index in [0.29, 0.717) is 12.6 Å². The number of hydrogen-bond donors (Lipinski definition) is 2. The van der Waals surface area contributed by atoms with Crippen LogP contribution in [0.15, 0.2) is 12.5 Å². The molecule has 0 aromatic carbocycles. The Morgan fingerprint density at radius 1 is 1.65 bits per heavy atom. The van der Waals surface area contributed by atoms with Crippen molar-refractivity contribution in [3.63, 3.8) is 0 Å². The van der Waals surface area contributed by atoms with Crippen molar-refractivity contribution >= 4 is 5.97 Å². The second kappa shape index (κ2) is 4.49. The molecule has 0 atom stereocenters. The molecule has 5 nitrogen and oxygen atoms in total. The maximum atomic E-state index is 11.0. The molecular weight excluding hydrogens is 218 g/mol. The van der Waals surface area contributed by atoms with Crippen LogP contribution in [-0.2, 0) is 17.9 Å². The van der Waals surface area contributed by atoms with Crippen LogP contribution in [0.2, 0.25) is 0 Å². The molecule has 2 N–H and O–H groups in total. The van der Waals surface area contributed by atoms with Gasteiger partial charge in [0.2, 0.25) is 0 Å². The van der Waals surface area contributed by atoms with Crippen molar-refractivity contribution in [3.05, 3.63) is 18.2 Å². The van der Waals surface area contributed by atoms with Gasteiger partial charge in [0.05, 0.1) is 17.4 Å². The molecule has 0 bridgehead atoms. The van der Waals surface area contributed by atoms with Gasteiger partial charge in [-0.25, -0.2) is 4.98 Å². The van der Waals surface area contributed by atoms with Crippen molar-refractivity contribution in [2.24, 2.45) is 5.41 Å². The van der Waals surface area contributed by atoms with Crippen LogP contribution < -0.4 is 5.32 Å². The zero-order valence-electron chi connectivity index (χ0n) is 10.3. The number of carbonyl (C=O) groups is 1. The molecule has 5 heteroatoms. The maximum absolute atomic E-state index is 11.0. The molecule has 1 aliphatic rings.